The number of fused-ring (bicyclic) bond motifs is 3. The molecule has 0 atom stereocenters. The van der Waals surface area contributed by atoms with E-state index in [1.54, 1.807) is 0 Å². The molecule has 0 unspecified atom stereocenters. The molecule has 3 aromatic heterocycles. The Morgan fingerprint density at radius 1 is 0.839 bits per heavy atom. The van der Waals surface area contributed by atoms with Crippen molar-refractivity contribution >= 4 is 59.4 Å². The number of carbonyl (C=O) groups excluding carboxylic acids is 1. The van der Waals surface area contributed by atoms with Gasteiger partial charge in [-0.3, -0.25) is 9.78 Å². The molecule has 0 saturated heterocycles. The van der Waals surface area contributed by atoms with Crippen molar-refractivity contribution in [3.8, 4) is 21.7 Å². The van der Waals surface area contributed by atoms with Crippen LogP contribution in [0.2, 0.25) is 0 Å². The Bertz CT molecular complexity index is 2340. The molecule has 0 fully saturated rings. The van der Waals surface area contributed by atoms with E-state index >= 15 is 0 Å². The number of carbonyl (C=O) groups is 1. The summed E-state index contributed by atoms with van der Waals surface area (Å²) < 4.78 is 2.64. The average molecular weight is 965 g/mol. The second-order valence-corrected chi connectivity index (χ2v) is 19.7. The third-order valence-corrected chi connectivity index (χ3v) is 14.5. The van der Waals surface area contributed by atoms with Crippen LogP contribution in [0.4, 0.5) is 0 Å². The molecule has 0 aliphatic rings. The summed E-state index contributed by atoms with van der Waals surface area (Å²) in [6, 6.07) is 23.9. The minimum atomic E-state index is -0.337. The van der Waals surface area contributed by atoms with Crippen LogP contribution in [0.25, 0.3) is 52.6 Å². The minimum absolute atomic E-state index is 0. The zero-order valence-corrected chi connectivity index (χ0v) is 39.9. The SMILES string of the molecule is CCC(C)(CC)C(=O)/C=C(\O)C(C)(CC)CC.Cc1sc2cc(CC(C)C)ccc2c1-c1sc2c(-c3[c-]c4ccccc4c(C(C)(C)C)c3)nccc2c1C.[Ir]. The number of thiophene rings is 2. The summed E-state index contributed by atoms with van der Waals surface area (Å²) in [4.78, 5) is 19.9. The Balaban J connectivity index is 0.000000330. The van der Waals surface area contributed by atoms with Gasteiger partial charge >= 0.3 is 0 Å². The molecule has 0 saturated carbocycles. The van der Waals surface area contributed by atoms with Gasteiger partial charge in [-0.25, -0.2) is 0 Å². The van der Waals surface area contributed by atoms with Crippen LogP contribution in [0, 0.1) is 36.7 Å². The van der Waals surface area contributed by atoms with Crippen molar-refractivity contribution in [2.75, 3.05) is 0 Å². The third-order valence-electron chi connectivity index (χ3n) is 12.1. The maximum atomic E-state index is 12.2. The predicted octanol–water partition coefficient (Wildman–Crippen LogP) is 15.6. The number of aromatic nitrogens is 1. The number of allylic oxidation sites excluding steroid dienone is 2. The van der Waals surface area contributed by atoms with Crippen molar-refractivity contribution in [3.05, 3.63) is 100 Å². The van der Waals surface area contributed by atoms with E-state index in [4.69, 9.17) is 4.98 Å². The van der Waals surface area contributed by atoms with Crippen LogP contribution in [-0.4, -0.2) is 15.9 Å². The molecule has 1 N–H and O–H groups in total. The molecule has 6 aromatic rings. The molecule has 0 aliphatic heterocycles. The average Bonchev–Trinajstić information content (AvgIpc) is 3.67. The van der Waals surface area contributed by atoms with Gasteiger partial charge in [-0.1, -0.05) is 117 Å². The molecule has 0 bridgehead atoms. The number of benzene rings is 3. The van der Waals surface area contributed by atoms with Gasteiger partial charge in [0.25, 0.3) is 0 Å². The summed E-state index contributed by atoms with van der Waals surface area (Å²) in [6.45, 7) is 28.1. The summed E-state index contributed by atoms with van der Waals surface area (Å²) in [5.74, 6) is 0.947. The number of rotatable bonds is 11. The van der Waals surface area contributed by atoms with Gasteiger partial charge < -0.3 is 5.11 Å². The molecule has 3 nitrogen and oxygen atoms in total. The Labute approximate surface area is 358 Å². The minimum Gasteiger partial charge on any atom is -0.512 e. The summed E-state index contributed by atoms with van der Waals surface area (Å²) >= 11 is 3.81. The third kappa shape index (κ3) is 9.25. The first-order chi connectivity index (χ1) is 25.9. The fraction of sp³-hybridized carbons (Fsp3) is 0.440. The van der Waals surface area contributed by atoms with E-state index in [9.17, 15) is 9.90 Å². The fourth-order valence-corrected chi connectivity index (χ4v) is 10.0. The largest absolute Gasteiger partial charge is 0.512 e. The number of pyridine rings is 1. The van der Waals surface area contributed by atoms with Crippen LogP contribution in [0.3, 0.4) is 0 Å². The zero-order valence-electron chi connectivity index (χ0n) is 35.9. The first kappa shape index (κ1) is 45.6. The van der Waals surface area contributed by atoms with Crippen LogP contribution in [0.5, 0.6) is 0 Å². The molecule has 0 amide bonds. The molecule has 0 spiro atoms. The van der Waals surface area contributed by atoms with Gasteiger partial charge in [0.15, 0.2) is 5.78 Å². The first-order valence-electron chi connectivity index (χ1n) is 20.2. The van der Waals surface area contributed by atoms with Crippen LogP contribution < -0.4 is 0 Å². The second kappa shape index (κ2) is 18.2. The summed E-state index contributed by atoms with van der Waals surface area (Å²) in [5, 5.41) is 15.2. The molecule has 3 heterocycles. The van der Waals surface area contributed by atoms with E-state index in [2.05, 4.69) is 109 Å². The van der Waals surface area contributed by atoms with Crippen LogP contribution >= 0.6 is 22.7 Å². The number of hydrogen-bond donors (Lipinski definition) is 1. The molecule has 6 rings (SSSR count). The monoisotopic (exact) mass is 965 g/mol. The molecule has 56 heavy (non-hydrogen) atoms. The van der Waals surface area contributed by atoms with Gasteiger partial charge in [0.05, 0.1) is 0 Å². The molecular formula is C50H62IrNO2S2-. The number of ketones is 1. The van der Waals surface area contributed by atoms with E-state index in [1.165, 1.54) is 63.6 Å². The fourth-order valence-electron chi connectivity index (χ4n) is 7.38. The predicted molar refractivity (Wildman–Crippen MR) is 242 cm³/mol. The number of aliphatic hydroxyl groups excluding tert-OH is 1. The van der Waals surface area contributed by atoms with Gasteiger partial charge in [0.1, 0.15) is 5.76 Å². The summed E-state index contributed by atoms with van der Waals surface area (Å²) in [6.07, 6.45) is 7.85. The number of aryl methyl sites for hydroxylation is 2. The van der Waals surface area contributed by atoms with Crippen LogP contribution in [0.1, 0.15) is 123 Å². The van der Waals surface area contributed by atoms with Crippen molar-refractivity contribution in [2.24, 2.45) is 16.7 Å². The number of nitrogens with zero attached hydrogens (tertiary/aromatic N) is 1. The van der Waals surface area contributed by atoms with Gasteiger partial charge in [-0.15, -0.1) is 51.8 Å². The molecular weight excluding hydrogens is 903 g/mol. The molecule has 3 aromatic carbocycles. The number of hydrogen-bond acceptors (Lipinski definition) is 5. The van der Waals surface area contributed by atoms with Gasteiger partial charge in [-0.05, 0) is 85.9 Å². The van der Waals surface area contributed by atoms with Crippen molar-refractivity contribution in [3.63, 3.8) is 0 Å². The topological polar surface area (TPSA) is 50.2 Å². The normalized spacial score (nSPS) is 12.6. The van der Waals surface area contributed by atoms with Gasteiger partial charge in [0, 0.05) is 79.0 Å². The van der Waals surface area contributed by atoms with E-state index < -0.39 is 0 Å². The quantitative estimate of drug-likeness (QED) is 0.0800. The van der Waals surface area contributed by atoms with E-state index in [0.717, 1.165) is 48.7 Å². The maximum absolute atomic E-state index is 12.2. The van der Waals surface area contributed by atoms with Crippen LogP contribution in [-0.2, 0) is 36.7 Å². The molecule has 301 valence electrons. The first-order valence-corrected chi connectivity index (χ1v) is 21.9. The molecule has 1 radical (unpaired) electrons. The van der Waals surface area contributed by atoms with Crippen molar-refractivity contribution in [2.45, 2.75) is 128 Å². The van der Waals surface area contributed by atoms with E-state index in [1.807, 2.05) is 70.4 Å². The Hall–Kier alpha value is -3.15. The van der Waals surface area contributed by atoms with Crippen LogP contribution in [0.15, 0.2) is 72.6 Å². The van der Waals surface area contributed by atoms with Gasteiger partial charge in [0.2, 0.25) is 0 Å². The standard InChI is InChI=1S/C35H34NS2.C15H28O2.Ir/c1-20(2)16-23-12-13-28-30(17-23)37-22(4)31(28)33-21(3)26-14-15-36-32(34(26)38-33)25-18-24-10-8-9-11-27(24)29(19-25)35(5,6)7;1-7-14(5,8-2)12(16)11-13(17)15(6,9-3)10-4;/h8-15,17,19-20H,16H2,1-7H3;11,16H,7-10H2,1-6H3;/q-1;;/b;12-11-;. The molecule has 6 heteroatoms. The summed E-state index contributed by atoms with van der Waals surface area (Å²) in [7, 11) is 0. The summed E-state index contributed by atoms with van der Waals surface area (Å²) in [5.41, 5.74) is 7.05. The van der Waals surface area contributed by atoms with Crippen molar-refractivity contribution in [1.82, 2.24) is 4.98 Å². The van der Waals surface area contributed by atoms with Gasteiger partial charge in [-0.2, -0.15) is 0 Å². The van der Waals surface area contributed by atoms with E-state index in [-0.39, 0.29) is 47.9 Å². The smallest absolute Gasteiger partial charge is 0.164 e. The Kier molecular flexibility index (Phi) is 14.8. The van der Waals surface area contributed by atoms with Crippen molar-refractivity contribution in [1.29, 1.82) is 0 Å². The van der Waals surface area contributed by atoms with Crippen molar-refractivity contribution < 1.29 is 30.0 Å². The Morgan fingerprint density at radius 2 is 1.48 bits per heavy atom. The second-order valence-electron chi connectivity index (χ2n) is 17.4. The molecule has 0 aliphatic carbocycles. The van der Waals surface area contributed by atoms with E-state index in [0.29, 0.717) is 5.92 Å². The zero-order chi connectivity index (χ0) is 40.5. The maximum Gasteiger partial charge on any atom is 0.164 e. The Morgan fingerprint density at radius 3 is 2.09 bits per heavy atom. The number of aliphatic hydroxyl groups is 1.